The fourth-order valence-electron chi connectivity index (χ4n) is 2.71. The third-order valence-electron chi connectivity index (χ3n) is 3.81. The number of allylic oxidation sites excluding steroid dienone is 4. The maximum atomic E-state index is 11.7. The number of dihydropyridines is 1. The second-order valence-electron chi connectivity index (χ2n) is 5.27. The van der Waals surface area contributed by atoms with E-state index in [4.69, 9.17) is 0 Å². The molecule has 2 heterocycles. The molecule has 1 unspecified atom stereocenters. The highest BCUT2D eigenvalue weighted by Gasteiger charge is 2.23. The van der Waals surface area contributed by atoms with Crippen LogP contribution in [-0.4, -0.2) is 23.7 Å². The summed E-state index contributed by atoms with van der Waals surface area (Å²) in [6.45, 7) is 0.786. The first-order valence-electron chi connectivity index (χ1n) is 7.18. The maximum Gasteiger partial charge on any atom is 0.312 e. The summed E-state index contributed by atoms with van der Waals surface area (Å²) in [6.07, 6.45) is 12.6. The van der Waals surface area contributed by atoms with E-state index in [-0.39, 0.29) is 5.92 Å². The molecule has 1 atom stereocenters. The van der Waals surface area contributed by atoms with Crippen LogP contribution in [-0.2, 0) is 4.79 Å². The van der Waals surface area contributed by atoms with E-state index in [1.165, 1.54) is 0 Å². The summed E-state index contributed by atoms with van der Waals surface area (Å²) >= 11 is 0. The predicted molar refractivity (Wildman–Crippen MR) is 84.6 cm³/mol. The minimum Gasteiger partial charge on any atom is -0.292 e. The standard InChI is InChI=1S/C17H15N3O2/c21-17(20-22)16-8-14(12-3-1-5-18-10-12)7-15(9-16)13-4-2-6-19-11-13/h1,3-5,7,9-11,14H,2,6,8H2. The third-order valence-corrected chi connectivity index (χ3v) is 3.81. The van der Waals surface area contributed by atoms with Crippen molar-refractivity contribution in [2.24, 2.45) is 10.2 Å². The summed E-state index contributed by atoms with van der Waals surface area (Å²) < 4.78 is 0. The molecule has 3 rings (SSSR count). The zero-order chi connectivity index (χ0) is 15.4. The fraction of sp³-hybridized carbons (Fsp3) is 0.235. The van der Waals surface area contributed by atoms with E-state index in [0.717, 1.165) is 29.7 Å². The molecule has 0 saturated heterocycles. The van der Waals surface area contributed by atoms with Crippen LogP contribution < -0.4 is 0 Å². The van der Waals surface area contributed by atoms with Gasteiger partial charge in [0.05, 0.1) is 0 Å². The number of aromatic nitrogens is 1. The molecule has 1 amide bonds. The van der Waals surface area contributed by atoms with E-state index in [1.54, 1.807) is 18.5 Å². The number of pyridine rings is 1. The lowest BCUT2D eigenvalue weighted by Gasteiger charge is -2.21. The van der Waals surface area contributed by atoms with Gasteiger partial charge in [0.1, 0.15) is 0 Å². The van der Waals surface area contributed by atoms with Crippen LogP contribution in [0.25, 0.3) is 0 Å². The van der Waals surface area contributed by atoms with Crippen molar-refractivity contribution in [1.82, 2.24) is 4.98 Å². The normalized spacial score (nSPS) is 20.7. The first kappa shape index (κ1) is 14.3. The van der Waals surface area contributed by atoms with Gasteiger partial charge in [-0.25, -0.2) is 0 Å². The Labute approximate surface area is 128 Å². The quantitative estimate of drug-likeness (QED) is 0.804. The monoisotopic (exact) mass is 293 g/mol. The van der Waals surface area contributed by atoms with Gasteiger partial charge in [-0.3, -0.25) is 14.8 Å². The topological polar surface area (TPSA) is 71.8 Å². The molecule has 0 spiro atoms. The van der Waals surface area contributed by atoms with Crippen LogP contribution in [0.2, 0.25) is 0 Å². The Balaban J connectivity index is 1.99. The Morgan fingerprint density at radius 2 is 2.23 bits per heavy atom. The van der Waals surface area contributed by atoms with Gasteiger partial charge in [-0.15, -0.1) is 4.91 Å². The summed E-state index contributed by atoms with van der Waals surface area (Å²) in [5, 5.41) is 2.57. The molecular weight excluding hydrogens is 278 g/mol. The summed E-state index contributed by atoms with van der Waals surface area (Å²) in [7, 11) is 0. The molecule has 1 aromatic heterocycles. The highest BCUT2D eigenvalue weighted by Crippen LogP contribution is 2.33. The van der Waals surface area contributed by atoms with Crippen molar-refractivity contribution in [2.45, 2.75) is 18.8 Å². The molecule has 0 bridgehead atoms. The summed E-state index contributed by atoms with van der Waals surface area (Å²) in [5.41, 5.74) is 3.34. The van der Waals surface area contributed by atoms with Gasteiger partial charge in [-0.2, -0.15) is 0 Å². The number of amides is 1. The second kappa shape index (κ2) is 6.39. The molecule has 22 heavy (non-hydrogen) atoms. The number of aliphatic imine (C=N–C) groups is 1. The summed E-state index contributed by atoms with van der Waals surface area (Å²) in [4.78, 5) is 30.7. The molecule has 1 aliphatic heterocycles. The van der Waals surface area contributed by atoms with Gasteiger partial charge in [-0.05, 0) is 41.7 Å². The molecule has 1 aliphatic carbocycles. The zero-order valence-corrected chi connectivity index (χ0v) is 12.0. The highest BCUT2D eigenvalue weighted by atomic mass is 16.3. The molecule has 2 aliphatic rings. The van der Waals surface area contributed by atoms with Gasteiger partial charge in [0.2, 0.25) is 0 Å². The summed E-state index contributed by atoms with van der Waals surface area (Å²) in [5.74, 6) is -0.696. The van der Waals surface area contributed by atoms with E-state index in [0.29, 0.717) is 12.0 Å². The lowest BCUT2D eigenvalue weighted by molar-refractivity contribution is -0.114. The van der Waals surface area contributed by atoms with Crippen LogP contribution in [0.3, 0.4) is 0 Å². The van der Waals surface area contributed by atoms with E-state index >= 15 is 0 Å². The van der Waals surface area contributed by atoms with E-state index < -0.39 is 5.91 Å². The van der Waals surface area contributed by atoms with Crippen molar-refractivity contribution >= 4 is 12.1 Å². The zero-order valence-electron chi connectivity index (χ0n) is 12.0. The molecule has 5 heteroatoms. The Hall–Kier alpha value is -2.69. The van der Waals surface area contributed by atoms with Crippen LogP contribution in [0, 0.1) is 4.91 Å². The number of hydrogen-bond donors (Lipinski definition) is 0. The largest absolute Gasteiger partial charge is 0.312 e. The molecule has 1 aromatic rings. The van der Waals surface area contributed by atoms with Crippen molar-refractivity contribution in [2.75, 3.05) is 6.54 Å². The van der Waals surface area contributed by atoms with Crippen LogP contribution >= 0.6 is 0 Å². The Morgan fingerprint density at radius 3 is 2.91 bits per heavy atom. The van der Waals surface area contributed by atoms with E-state index in [9.17, 15) is 9.70 Å². The fourth-order valence-corrected chi connectivity index (χ4v) is 2.71. The average molecular weight is 293 g/mol. The lowest BCUT2D eigenvalue weighted by atomic mass is 9.83. The molecule has 0 aromatic carbocycles. The van der Waals surface area contributed by atoms with Crippen LogP contribution in [0.15, 0.2) is 69.6 Å². The first-order valence-corrected chi connectivity index (χ1v) is 7.18. The molecule has 110 valence electrons. The number of nitrogens with zero attached hydrogens (tertiary/aromatic N) is 3. The summed E-state index contributed by atoms with van der Waals surface area (Å²) in [6, 6.07) is 3.83. The van der Waals surface area contributed by atoms with Gasteiger partial charge in [-0.1, -0.05) is 18.2 Å². The van der Waals surface area contributed by atoms with Gasteiger partial charge in [0.15, 0.2) is 0 Å². The minimum atomic E-state index is -0.701. The van der Waals surface area contributed by atoms with E-state index in [1.807, 2.05) is 18.3 Å². The SMILES string of the molecule is O=NC(=O)C1=CC(C2=CCCN=C2)=CC(c2cccnc2)C1. The van der Waals surface area contributed by atoms with Crippen molar-refractivity contribution in [1.29, 1.82) is 0 Å². The first-order chi connectivity index (χ1) is 10.8. The van der Waals surface area contributed by atoms with E-state index in [2.05, 4.69) is 27.3 Å². The van der Waals surface area contributed by atoms with Crippen molar-refractivity contribution in [3.05, 3.63) is 69.9 Å². The second-order valence-corrected chi connectivity index (χ2v) is 5.27. The van der Waals surface area contributed by atoms with Crippen LogP contribution in [0.1, 0.15) is 24.3 Å². The van der Waals surface area contributed by atoms with Gasteiger partial charge in [0.25, 0.3) is 0 Å². The highest BCUT2D eigenvalue weighted by molar-refractivity contribution is 5.96. The maximum absolute atomic E-state index is 11.7. The molecule has 0 radical (unpaired) electrons. The van der Waals surface area contributed by atoms with Crippen molar-refractivity contribution in [3.63, 3.8) is 0 Å². The molecule has 0 saturated carbocycles. The van der Waals surface area contributed by atoms with Crippen LogP contribution in [0.4, 0.5) is 0 Å². The average Bonchev–Trinajstić information content (AvgIpc) is 2.62. The minimum absolute atomic E-state index is 0.00521. The number of rotatable bonds is 3. The molecular formula is C17H15N3O2. The van der Waals surface area contributed by atoms with Crippen molar-refractivity contribution < 1.29 is 4.79 Å². The Kier molecular flexibility index (Phi) is 4.14. The molecule has 5 nitrogen and oxygen atoms in total. The lowest BCUT2D eigenvalue weighted by Crippen LogP contribution is -2.11. The number of carbonyl (C=O) groups is 1. The molecule has 0 fully saturated rings. The van der Waals surface area contributed by atoms with Gasteiger partial charge < -0.3 is 0 Å². The Bertz CT molecular complexity index is 715. The predicted octanol–water partition coefficient (Wildman–Crippen LogP) is 3.12. The number of hydrogen-bond acceptors (Lipinski definition) is 4. The van der Waals surface area contributed by atoms with Crippen LogP contribution in [0.5, 0.6) is 0 Å². The van der Waals surface area contributed by atoms with Crippen molar-refractivity contribution in [3.8, 4) is 0 Å². The van der Waals surface area contributed by atoms with Gasteiger partial charge in [0, 0.05) is 41.8 Å². The smallest absolute Gasteiger partial charge is 0.292 e. The third kappa shape index (κ3) is 2.98. The number of nitroso groups, excluding NO2 is 1. The number of carbonyl (C=O) groups excluding carboxylic acids is 1. The van der Waals surface area contributed by atoms with Gasteiger partial charge >= 0.3 is 5.91 Å². The molecule has 0 N–H and O–H groups in total. The Morgan fingerprint density at radius 1 is 1.32 bits per heavy atom.